The zero-order valence-corrected chi connectivity index (χ0v) is 10.7. The van der Waals surface area contributed by atoms with E-state index in [1.807, 2.05) is 31.2 Å². The summed E-state index contributed by atoms with van der Waals surface area (Å²) in [5.74, 6) is 0.661. The highest BCUT2D eigenvalue weighted by atomic mass is 32.1. The van der Waals surface area contributed by atoms with Crippen LogP contribution >= 0.6 is 11.3 Å². The molecule has 0 saturated heterocycles. The predicted molar refractivity (Wildman–Crippen MR) is 70.0 cm³/mol. The first-order valence-corrected chi connectivity index (χ1v) is 6.52. The number of carbonyl (C=O) groups excluding carboxylic acids is 1. The number of carbonyl (C=O) groups is 1. The van der Waals surface area contributed by atoms with Gasteiger partial charge in [0.2, 0.25) is 0 Å². The molecule has 1 N–H and O–H groups in total. The first-order valence-electron chi connectivity index (χ1n) is 5.70. The Kier molecular flexibility index (Phi) is 2.76. The Bertz CT molecular complexity index is 569. The van der Waals surface area contributed by atoms with E-state index in [1.54, 1.807) is 6.20 Å². The number of nitrogens with zero attached hydrogens (tertiary/aromatic N) is 1. The van der Waals surface area contributed by atoms with Gasteiger partial charge >= 0.3 is 0 Å². The maximum atomic E-state index is 12.0. The van der Waals surface area contributed by atoms with Crippen LogP contribution in [0.3, 0.4) is 0 Å². The zero-order chi connectivity index (χ0) is 12.5. The molecule has 0 radical (unpaired) electrons. The molecule has 1 aliphatic heterocycles. The van der Waals surface area contributed by atoms with Crippen molar-refractivity contribution in [3.8, 4) is 5.75 Å². The number of hydrogen-bond donors (Lipinski definition) is 1. The van der Waals surface area contributed by atoms with E-state index in [0.717, 1.165) is 16.2 Å². The van der Waals surface area contributed by atoms with Gasteiger partial charge in [-0.3, -0.25) is 10.1 Å². The van der Waals surface area contributed by atoms with Crippen molar-refractivity contribution in [3.63, 3.8) is 0 Å². The first kappa shape index (κ1) is 11.2. The molecule has 0 unspecified atom stereocenters. The molecule has 0 aliphatic carbocycles. The lowest BCUT2D eigenvalue weighted by Gasteiger charge is -2.09. The molecule has 0 bridgehead atoms. The lowest BCUT2D eigenvalue weighted by Crippen LogP contribution is -2.31. The van der Waals surface area contributed by atoms with Crippen molar-refractivity contribution in [2.24, 2.45) is 0 Å². The number of amides is 1. The molecular weight excluding hydrogens is 248 g/mol. The molecule has 4 nitrogen and oxygen atoms in total. The SMILES string of the molecule is Cc1cnc(NC(=O)[C@@H]2Cc3ccccc3O2)s1. The van der Waals surface area contributed by atoms with Crippen molar-refractivity contribution < 1.29 is 9.53 Å². The van der Waals surface area contributed by atoms with Gasteiger partial charge in [-0.15, -0.1) is 11.3 Å². The highest BCUT2D eigenvalue weighted by molar-refractivity contribution is 7.15. The van der Waals surface area contributed by atoms with E-state index >= 15 is 0 Å². The van der Waals surface area contributed by atoms with Gasteiger partial charge in [0.1, 0.15) is 5.75 Å². The van der Waals surface area contributed by atoms with Gasteiger partial charge in [-0.1, -0.05) is 18.2 Å². The molecule has 92 valence electrons. The van der Waals surface area contributed by atoms with Crippen LogP contribution in [0.4, 0.5) is 5.13 Å². The molecule has 1 amide bonds. The molecule has 0 fully saturated rings. The van der Waals surface area contributed by atoms with Crippen LogP contribution in [-0.4, -0.2) is 17.0 Å². The van der Waals surface area contributed by atoms with Crippen LogP contribution in [-0.2, 0) is 11.2 Å². The number of nitrogens with one attached hydrogen (secondary N) is 1. The molecule has 0 saturated carbocycles. The normalized spacial score (nSPS) is 17.1. The number of fused-ring (bicyclic) bond motifs is 1. The quantitative estimate of drug-likeness (QED) is 0.902. The van der Waals surface area contributed by atoms with Crippen molar-refractivity contribution in [1.82, 2.24) is 4.98 Å². The molecule has 2 aromatic rings. The Labute approximate surface area is 109 Å². The molecule has 0 spiro atoms. The Balaban J connectivity index is 1.69. The Morgan fingerprint density at radius 2 is 2.33 bits per heavy atom. The van der Waals surface area contributed by atoms with Crippen LogP contribution in [0.15, 0.2) is 30.5 Å². The third-order valence-corrected chi connectivity index (χ3v) is 3.62. The van der Waals surface area contributed by atoms with Gasteiger partial charge in [0.05, 0.1) is 0 Å². The Morgan fingerprint density at radius 3 is 3.06 bits per heavy atom. The summed E-state index contributed by atoms with van der Waals surface area (Å²) in [4.78, 5) is 17.2. The molecule has 3 rings (SSSR count). The van der Waals surface area contributed by atoms with Crippen molar-refractivity contribution in [1.29, 1.82) is 0 Å². The third kappa shape index (κ3) is 2.09. The second-order valence-corrected chi connectivity index (χ2v) is 5.42. The van der Waals surface area contributed by atoms with Gasteiger partial charge in [-0.25, -0.2) is 4.98 Å². The molecular formula is C13H12N2O2S. The van der Waals surface area contributed by atoms with Crippen LogP contribution in [0.5, 0.6) is 5.75 Å². The van der Waals surface area contributed by atoms with Crippen LogP contribution in [0, 0.1) is 6.92 Å². The fraction of sp³-hybridized carbons (Fsp3) is 0.231. The highest BCUT2D eigenvalue weighted by Crippen LogP contribution is 2.29. The smallest absolute Gasteiger partial charge is 0.267 e. The predicted octanol–water partition coefficient (Wildman–Crippen LogP) is 2.39. The monoisotopic (exact) mass is 260 g/mol. The van der Waals surface area contributed by atoms with Gasteiger partial charge < -0.3 is 4.74 Å². The molecule has 1 aromatic carbocycles. The number of ether oxygens (including phenoxy) is 1. The highest BCUT2D eigenvalue weighted by Gasteiger charge is 2.29. The number of rotatable bonds is 2. The number of aromatic nitrogens is 1. The maximum Gasteiger partial charge on any atom is 0.267 e. The molecule has 2 heterocycles. The standard InChI is InChI=1S/C13H12N2O2S/c1-8-7-14-13(18-8)15-12(16)11-6-9-4-2-3-5-10(9)17-11/h2-5,7,11H,6H2,1H3,(H,14,15,16)/t11-/m0/s1. The second kappa shape index (κ2) is 4.42. The fourth-order valence-corrected chi connectivity index (χ4v) is 2.59. The molecule has 1 aliphatic rings. The van der Waals surface area contributed by atoms with Crippen LogP contribution in [0.1, 0.15) is 10.4 Å². The van der Waals surface area contributed by atoms with Gasteiger partial charge in [0.15, 0.2) is 11.2 Å². The van der Waals surface area contributed by atoms with Crippen LogP contribution < -0.4 is 10.1 Å². The van der Waals surface area contributed by atoms with E-state index in [4.69, 9.17) is 4.74 Å². The summed E-state index contributed by atoms with van der Waals surface area (Å²) in [5.41, 5.74) is 1.08. The summed E-state index contributed by atoms with van der Waals surface area (Å²) in [6.45, 7) is 1.95. The van der Waals surface area contributed by atoms with E-state index in [9.17, 15) is 4.79 Å². The van der Waals surface area contributed by atoms with Gasteiger partial charge in [-0.2, -0.15) is 0 Å². The minimum atomic E-state index is -0.452. The largest absolute Gasteiger partial charge is 0.480 e. The third-order valence-electron chi connectivity index (χ3n) is 2.79. The number of hydrogen-bond acceptors (Lipinski definition) is 4. The van der Waals surface area contributed by atoms with Crippen LogP contribution in [0.25, 0.3) is 0 Å². The van der Waals surface area contributed by atoms with Crippen LogP contribution in [0.2, 0.25) is 0 Å². The number of benzene rings is 1. The van der Waals surface area contributed by atoms with Gasteiger partial charge in [0, 0.05) is 17.5 Å². The molecule has 18 heavy (non-hydrogen) atoms. The Hall–Kier alpha value is -1.88. The van der Waals surface area contributed by atoms with Crippen molar-refractivity contribution in [2.45, 2.75) is 19.4 Å². The lowest BCUT2D eigenvalue weighted by molar-refractivity contribution is -0.122. The number of anilines is 1. The van der Waals surface area contributed by atoms with Gasteiger partial charge in [0.25, 0.3) is 5.91 Å². The summed E-state index contributed by atoms with van der Waals surface area (Å²) in [6, 6.07) is 7.72. The first-order chi connectivity index (χ1) is 8.72. The Morgan fingerprint density at radius 1 is 1.50 bits per heavy atom. The van der Waals surface area contributed by atoms with Crippen molar-refractivity contribution >= 4 is 22.4 Å². The summed E-state index contributed by atoms with van der Waals surface area (Å²) < 4.78 is 5.61. The van der Waals surface area contributed by atoms with E-state index in [0.29, 0.717) is 11.6 Å². The van der Waals surface area contributed by atoms with Crippen molar-refractivity contribution in [3.05, 3.63) is 40.9 Å². The maximum absolute atomic E-state index is 12.0. The van der Waals surface area contributed by atoms with E-state index in [-0.39, 0.29) is 5.91 Å². The summed E-state index contributed by atoms with van der Waals surface area (Å²) in [5, 5.41) is 3.41. The lowest BCUT2D eigenvalue weighted by atomic mass is 10.1. The topological polar surface area (TPSA) is 51.2 Å². The average Bonchev–Trinajstić information content (AvgIpc) is 2.95. The second-order valence-electron chi connectivity index (χ2n) is 4.18. The van der Waals surface area contributed by atoms with Crippen molar-refractivity contribution in [2.75, 3.05) is 5.32 Å². The molecule has 1 atom stereocenters. The number of para-hydroxylation sites is 1. The average molecular weight is 260 g/mol. The van der Waals surface area contributed by atoms with E-state index < -0.39 is 6.10 Å². The zero-order valence-electron chi connectivity index (χ0n) is 9.84. The number of thiazole rings is 1. The summed E-state index contributed by atoms with van der Waals surface area (Å²) >= 11 is 1.46. The molecule has 1 aromatic heterocycles. The van der Waals surface area contributed by atoms with E-state index in [2.05, 4.69) is 10.3 Å². The molecule has 5 heteroatoms. The fourth-order valence-electron chi connectivity index (χ4n) is 1.93. The van der Waals surface area contributed by atoms with Gasteiger partial charge in [-0.05, 0) is 18.6 Å². The van der Waals surface area contributed by atoms with E-state index in [1.165, 1.54) is 11.3 Å². The minimum absolute atomic E-state index is 0.138. The number of aryl methyl sites for hydroxylation is 1. The summed E-state index contributed by atoms with van der Waals surface area (Å²) in [7, 11) is 0. The minimum Gasteiger partial charge on any atom is -0.480 e. The summed E-state index contributed by atoms with van der Waals surface area (Å²) in [6.07, 6.45) is 1.91.